The smallest absolute Gasteiger partial charge is 0.277 e. The van der Waals surface area contributed by atoms with E-state index in [-0.39, 0.29) is 30.7 Å². The van der Waals surface area contributed by atoms with Crippen molar-refractivity contribution in [2.45, 2.75) is 25.8 Å². The van der Waals surface area contributed by atoms with Gasteiger partial charge in [-0.25, -0.2) is 9.67 Å². The lowest BCUT2D eigenvalue weighted by molar-refractivity contribution is 0.102. The van der Waals surface area contributed by atoms with Crippen molar-refractivity contribution < 1.29 is 4.79 Å². The fourth-order valence-electron chi connectivity index (χ4n) is 3.04. The number of carbonyl (C=O) groups is 1. The minimum Gasteiger partial charge on any atom is -0.342 e. The number of hydrogen-bond donors (Lipinski definition) is 3. The second-order valence-electron chi connectivity index (χ2n) is 6.07. The first-order valence-electron chi connectivity index (χ1n) is 8.09. The average Bonchev–Trinajstić information content (AvgIpc) is 3.21. The Bertz CT molecular complexity index is 886. The predicted octanol–water partition coefficient (Wildman–Crippen LogP) is 2.48. The molecule has 4 rings (SSSR count). The molecule has 0 saturated carbocycles. The third kappa shape index (κ3) is 4.14. The van der Waals surface area contributed by atoms with E-state index in [1.54, 1.807) is 10.9 Å². The Labute approximate surface area is 163 Å². The summed E-state index contributed by atoms with van der Waals surface area (Å²) < 4.78 is 1.80. The number of nitrogens with zero attached hydrogens (tertiary/aromatic N) is 4. The van der Waals surface area contributed by atoms with E-state index in [0.717, 1.165) is 42.8 Å². The summed E-state index contributed by atoms with van der Waals surface area (Å²) >= 11 is 0. The lowest BCUT2D eigenvalue weighted by Gasteiger charge is -2.22. The zero-order valence-corrected chi connectivity index (χ0v) is 15.9. The number of piperidine rings is 1. The minimum absolute atomic E-state index is 0. The van der Waals surface area contributed by atoms with Crippen molar-refractivity contribution in [3.63, 3.8) is 0 Å². The molecule has 0 unspecified atom stereocenters. The van der Waals surface area contributed by atoms with Crippen LogP contribution >= 0.6 is 24.8 Å². The van der Waals surface area contributed by atoms with Gasteiger partial charge in [0.15, 0.2) is 5.69 Å². The number of nitrogens with one attached hydrogen (secondary N) is 3. The summed E-state index contributed by atoms with van der Waals surface area (Å²) in [6.07, 6.45) is 3.73. The van der Waals surface area contributed by atoms with E-state index < -0.39 is 0 Å². The fraction of sp³-hybridized carbons (Fsp3) is 0.375. The van der Waals surface area contributed by atoms with Gasteiger partial charge in [-0.3, -0.25) is 4.79 Å². The molecule has 1 aliphatic heterocycles. The molecule has 140 valence electrons. The van der Waals surface area contributed by atoms with Crippen LogP contribution in [0.2, 0.25) is 0 Å². The molecule has 3 aromatic rings. The number of anilines is 1. The number of rotatable bonds is 3. The topological polar surface area (TPSA) is 101 Å². The largest absolute Gasteiger partial charge is 0.342 e. The quantitative estimate of drug-likeness (QED) is 0.630. The summed E-state index contributed by atoms with van der Waals surface area (Å²) in [6.45, 7) is 3.84. The highest BCUT2D eigenvalue weighted by Gasteiger charge is 2.19. The van der Waals surface area contributed by atoms with Crippen LogP contribution in [0.1, 0.15) is 35.2 Å². The third-order valence-corrected chi connectivity index (χ3v) is 4.28. The van der Waals surface area contributed by atoms with Crippen LogP contribution in [0.25, 0.3) is 11.0 Å². The van der Waals surface area contributed by atoms with E-state index in [4.69, 9.17) is 0 Å². The van der Waals surface area contributed by atoms with Crippen LogP contribution in [0.15, 0.2) is 24.4 Å². The second-order valence-corrected chi connectivity index (χ2v) is 6.07. The molecule has 0 radical (unpaired) electrons. The Morgan fingerprint density at radius 3 is 2.81 bits per heavy atom. The summed E-state index contributed by atoms with van der Waals surface area (Å²) in [5.74, 6) is 0.587. The van der Waals surface area contributed by atoms with Gasteiger partial charge in [0.1, 0.15) is 5.82 Å². The summed E-state index contributed by atoms with van der Waals surface area (Å²) in [6, 6.07) is 5.88. The van der Waals surface area contributed by atoms with Gasteiger partial charge in [-0.15, -0.1) is 29.9 Å². The summed E-state index contributed by atoms with van der Waals surface area (Å²) in [5, 5.41) is 14.3. The van der Waals surface area contributed by atoms with E-state index >= 15 is 0 Å². The molecule has 0 spiro atoms. The van der Waals surface area contributed by atoms with E-state index in [2.05, 4.69) is 30.9 Å². The number of imidazole rings is 1. The summed E-state index contributed by atoms with van der Waals surface area (Å²) in [5.41, 5.74) is 2.80. The Morgan fingerprint density at radius 1 is 1.27 bits per heavy atom. The van der Waals surface area contributed by atoms with Gasteiger partial charge in [0.05, 0.1) is 23.3 Å². The number of halogens is 2. The van der Waals surface area contributed by atoms with Gasteiger partial charge in [-0.2, -0.15) is 0 Å². The van der Waals surface area contributed by atoms with Crippen LogP contribution in [-0.2, 0) is 0 Å². The molecule has 3 N–H and O–H groups in total. The van der Waals surface area contributed by atoms with Gasteiger partial charge in [0.25, 0.3) is 5.91 Å². The number of hydrogen-bond acceptors (Lipinski definition) is 5. The SMILES string of the molecule is Cc1nc2ccc(NC(=O)c3cn(C4CCNCC4)nn3)cc2[nH]1.Cl.Cl. The summed E-state index contributed by atoms with van der Waals surface area (Å²) in [7, 11) is 0. The van der Waals surface area contributed by atoms with Crippen LogP contribution in [0.3, 0.4) is 0 Å². The predicted molar refractivity (Wildman–Crippen MR) is 104 cm³/mol. The number of benzene rings is 1. The zero-order valence-electron chi connectivity index (χ0n) is 14.2. The van der Waals surface area contributed by atoms with Crippen molar-refractivity contribution in [3.8, 4) is 0 Å². The van der Waals surface area contributed by atoms with Crippen molar-refractivity contribution >= 4 is 47.4 Å². The van der Waals surface area contributed by atoms with E-state index in [0.29, 0.717) is 17.4 Å². The van der Waals surface area contributed by atoms with Crippen molar-refractivity contribution in [1.82, 2.24) is 30.3 Å². The van der Waals surface area contributed by atoms with Crippen molar-refractivity contribution in [2.75, 3.05) is 18.4 Å². The lowest BCUT2D eigenvalue weighted by Crippen LogP contribution is -2.29. The first-order valence-corrected chi connectivity index (χ1v) is 8.09. The molecular weight excluding hydrogens is 377 g/mol. The van der Waals surface area contributed by atoms with Gasteiger partial charge in [0, 0.05) is 5.69 Å². The standard InChI is InChI=1S/C16H19N7O.2ClH/c1-10-18-13-3-2-11(8-14(13)19-10)20-16(24)15-9-23(22-21-15)12-4-6-17-7-5-12;;/h2-3,8-9,12,17H,4-7H2,1H3,(H,18,19)(H,20,24);2*1H. The number of H-pyrrole nitrogens is 1. The fourth-order valence-corrected chi connectivity index (χ4v) is 3.04. The molecule has 26 heavy (non-hydrogen) atoms. The molecule has 1 aliphatic rings. The first-order chi connectivity index (χ1) is 11.7. The van der Waals surface area contributed by atoms with E-state index in [1.807, 2.05) is 25.1 Å². The second kappa shape index (κ2) is 8.48. The molecule has 10 heteroatoms. The molecule has 3 heterocycles. The maximum absolute atomic E-state index is 12.4. The number of aromatic nitrogens is 5. The molecule has 1 saturated heterocycles. The van der Waals surface area contributed by atoms with E-state index in [9.17, 15) is 4.79 Å². The Morgan fingerprint density at radius 2 is 2.04 bits per heavy atom. The van der Waals surface area contributed by atoms with Crippen LogP contribution in [0.4, 0.5) is 5.69 Å². The molecular formula is C16H21Cl2N7O. The molecule has 1 fully saturated rings. The normalized spacial score (nSPS) is 14.5. The highest BCUT2D eigenvalue weighted by atomic mass is 35.5. The van der Waals surface area contributed by atoms with Gasteiger partial charge in [0.2, 0.25) is 0 Å². The highest BCUT2D eigenvalue weighted by Crippen LogP contribution is 2.19. The number of aryl methyl sites for hydroxylation is 1. The number of carbonyl (C=O) groups excluding carboxylic acids is 1. The van der Waals surface area contributed by atoms with Crippen LogP contribution < -0.4 is 10.6 Å². The first kappa shape index (κ1) is 20.2. The molecule has 2 aromatic heterocycles. The van der Waals surface area contributed by atoms with Gasteiger partial charge in [-0.05, 0) is 51.1 Å². The average molecular weight is 398 g/mol. The number of fused-ring (bicyclic) bond motifs is 1. The molecule has 0 atom stereocenters. The van der Waals surface area contributed by atoms with Crippen LogP contribution in [0, 0.1) is 6.92 Å². The Kier molecular flexibility index (Phi) is 6.57. The lowest BCUT2D eigenvalue weighted by atomic mass is 10.1. The van der Waals surface area contributed by atoms with Crippen molar-refractivity contribution in [2.24, 2.45) is 0 Å². The monoisotopic (exact) mass is 397 g/mol. The maximum atomic E-state index is 12.4. The zero-order chi connectivity index (χ0) is 16.5. The molecule has 8 nitrogen and oxygen atoms in total. The Balaban J connectivity index is 0.00000121. The molecule has 1 amide bonds. The Hall–Kier alpha value is -2.16. The van der Waals surface area contributed by atoms with Gasteiger partial charge >= 0.3 is 0 Å². The van der Waals surface area contributed by atoms with E-state index in [1.165, 1.54) is 0 Å². The van der Waals surface area contributed by atoms with Crippen LogP contribution in [0.5, 0.6) is 0 Å². The molecule has 1 aromatic carbocycles. The highest BCUT2D eigenvalue weighted by molar-refractivity contribution is 6.03. The van der Waals surface area contributed by atoms with Gasteiger partial charge in [-0.1, -0.05) is 5.21 Å². The number of aromatic amines is 1. The summed E-state index contributed by atoms with van der Waals surface area (Å²) in [4.78, 5) is 19.9. The molecule has 0 bridgehead atoms. The van der Waals surface area contributed by atoms with Gasteiger partial charge < -0.3 is 15.6 Å². The molecule has 0 aliphatic carbocycles. The third-order valence-electron chi connectivity index (χ3n) is 4.28. The van der Waals surface area contributed by atoms with Crippen LogP contribution in [-0.4, -0.2) is 44.0 Å². The maximum Gasteiger partial charge on any atom is 0.277 e. The van der Waals surface area contributed by atoms with Crippen molar-refractivity contribution in [1.29, 1.82) is 0 Å². The minimum atomic E-state index is -0.259. The number of amides is 1. The van der Waals surface area contributed by atoms with Crippen molar-refractivity contribution in [3.05, 3.63) is 35.9 Å².